The molecule has 3 aliphatic carbocycles. The van der Waals surface area contributed by atoms with Gasteiger partial charge in [0.05, 0.1) is 0 Å². The first-order valence-corrected chi connectivity index (χ1v) is 7.60. The average molecular weight is 359 g/mol. The van der Waals surface area contributed by atoms with Gasteiger partial charge in [0.2, 0.25) is 0 Å². The van der Waals surface area contributed by atoms with Crippen molar-refractivity contribution in [3.63, 3.8) is 0 Å². The van der Waals surface area contributed by atoms with Crippen molar-refractivity contribution in [1.82, 2.24) is 0 Å². The molecule has 0 amide bonds. The second kappa shape index (κ2) is 7.27. The Bertz CT molecular complexity index is 424. The predicted octanol–water partition coefficient (Wildman–Crippen LogP) is -1.80. The molecule has 0 bridgehead atoms. The van der Waals surface area contributed by atoms with E-state index in [0.717, 1.165) is 5.92 Å². The van der Waals surface area contributed by atoms with E-state index in [1.165, 1.54) is 38.5 Å². The van der Waals surface area contributed by atoms with E-state index in [4.69, 9.17) is 0 Å². The number of hydrogen-bond donors (Lipinski definition) is 0. The third-order valence-corrected chi connectivity index (χ3v) is 5.18. The summed E-state index contributed by atoms with van der Waals surface area (Å²) >= 11 is 1.60. The molecule has 1 fully saturated rings. The van der Waals surface area contributed by atoms with Crippen LogP contribution in [-0.4, -0.2) is 0 Å². The van der Waals surface area contributed by atoms with E-state index in [-0.39, 0.29) is 24.8 Å². The van der Waals surface area contributed by atoms with E-state index in [0.29, 0.717) is 0 Å². The molecule has 0 unspecified atom stereocenters. The molecule has 0 radical (unpaired) electrons. The summed E-state index contributed by atoms with van der Waals surface area (Å²) in [5.41, 5.74) is 4.93. The molecule has 0 atom stereocenters. The van der Waals surface area contributed by atoms with Crippen LogP contribution in [0.3, 0.4) is 0 Å². The fraction of sp³-hybridized carbons (Fsp3) is 0.467. The van der Waals surface area contributed by atoms with Crippen LogP contribution in [0.5, 0.6) is 0 Å². The summed E-state index contributed by atoms with van der Waals surface area (Å²) < 4.78 is 1.65. The molecule has 18 heavy (non-hydrogen) atoms. The Labute approximate surface area is 137 Å². The first kappa shape index (κ1) is 16.5. The minimum absolute atomic E-state index is 0. The first-order chi connectivity index (χ1) is 7.86. The molecule has 3 aliphatic rings. The van der Waals surface area contributed by atoms with Crippen molar-refractivity contribution < 1.29 is 49.5 Å². The minimum atomic E-state index is 0. The monoisotopic (exact) mass is 357 g/mol. The van der Waals surface area contributed by atoms with Gasteiger partial charge in [0.15, 0.2) is 0 Å². The summed E-state index contributed by atoms with van der Waals surface area (Å²) in [5.74, 6) is 0.874. The van der Waals surface area contributed by atoms with E-state index < -0.39 is 0 Å². The summed E-state index contributed by atoms with van der Waals surface area (Å²) in [4.78, 5) is 0. The fourth-order valence-corrected chi connectivity index (χ4v) is 4.06. The Kier molecular flexibility index (Phi) is 6.66. The maximum atomic E-state index is 2.41. The zero-order chi connectivity index (χ0) is 11.0. The molecular weight excluding hydrogens is 342 g/mol. The number of halogens is 2. The molecule has 0 heterocycles. The third kappa shape index (κ3) is 3.11. The van der Waals surface area contributed by atoms with Crippen molar-refractivity contribution in [2.45, 2.75) is 38.5 Å². The second-order valence-electron chi connectivity index (χ2n) is 5.02. The average Bonchev–Trinajstić information content (AvgIpc) is 2.95. The van der Waals surface area contributed by atoms with Gasteiger partial charge in [0.25, 0.3) is 0 Å². The Balaban J connectivity index is 0.000000810. The summed E-state index contributed by atoms with van der Waals surface area (Å²) in [5, 5.41) is 0. The Morgan fingerprint density at radius 1 is 0.944 bits per heavy atom. The second-order valence-corrected chi connectivity index (χ2v) is 6.50. The molecule has 3 rings (SSSR count). The number of hydrogen-bond acceptors (Lipinski definition) is 0. The van der Waals surface area contributed by atoms with Gasteiger partial charge in [-0.25, -0.2) is 0 Å². The van der Waals surface area contributed by atoms with Crippen LogP contribution >= 0.6 is 0 Å². The molecule has 0 spiro atoms. The summed E-state index contributed by atoms with van der Waals surface area (Å²) in [6.07, 6.45) is 17.6. The van der Waals surface area contributed by atoms with Gasteiger partial charge in [-0.3, -0.25) is 0 Å². The van der Waals surface area contributed by atoms with Crippen LogP contribution < -0.4 is 24.8 Å². The normalized spacial score (nSPS) is 22.8. The molecule has 0 saturated heterocycles. The van der Waals surface area contributed by atoms with Crippen molar-refractivity contribution in [3.8, 4) is 0 Å². The van der Waals surface area contributed by atoms with Gasteiger partial charge in [0.1, 0.15) is 0 Å². The van der Waals surface area contributed by atoms with Crippen molar-refractivity contribution in [1.29, 1.82) is 0 Å². The van der Waals surface area contributed by atoms with Crippen LogP contribution in [-0.2, 0) is 24.7 Å². The predicted molar refractivity (Wildman–Crippen MR) is 63.5 cm³/mol. The molecule has 1 saturated carbocycles. The topological polar surface area (TPSA) is 0 Å². The van der Waals surface area contributed by atoms with Crippen LogP contribution in [0.4, 0.5) is 0 Å². The van der Waals surface area contributed by atoms with Crippen molar-refractivity contribution in [2.24, 2.45) is 5.92 Å². The van der Waals surface area contributed by atoms with Crippen molar-refractivity contribution in [2.75, 3.05) is 0 Å². The maximum absolute atomic E-state index is 2.41. The fourth-order valence-electron chi connectivity index (χ4n) is 3.19. The van der Waals surface area contributed by atoms with Gasteiger partial charge in [0, 0.05) is 0 Å². The molecule has 0 aromatic carbocycles. The van der Waals surface area contributed by atoms with Crippen LogP contribution in [0.15, 0.2) is 44.3 Å². The first-order valence-electron chi connectivity index (χ1n) is 6.37. The van der Waals surface area contributed by atoms with Crippen LogP contribution in [0.1, 0.15) is 38.5 Å². The van der Waals surface area contributed by atoms with Crippen LogP contribution in [0.2, 0.25) is 0 Å². The third-order valence-electron chi connectivity index (χ3n) is 4.02. The molecular formula is C15H17Cl2Zr. The molecule has 0 aliphatic heterocycles. The molecule has 0 aromatic rings. The van der Waals surface area contributed by atoms with E-state index in [9.17, 15) is 0 Å². The molecule has 0 nitrogen and oxygen atoms in total. The van der Waals surface area contributed by atoms with Crippen molar-refractivity contribution in [3.05, 3.63) is 44.3 Å². The van der Waals surface area contributed by atoms with Gasteiger partial charge in [-0.05, 0) is 0 Å². The molecule has 3 heteroatoms. The Morgan fingerprint density at radius 3 is 2.22 bits per heavy atom. The van der Waals surface area contributed by atoms with E-state index in [2.05, 4.69) is 24.3 Å². The molecule has 0 aromatic heterocycles. The SMILES string of the molecule is [Cl-].[Cl-].[Zr+2][C]1=C(C2=C(C3CCCC3)C=CC2)C=CC1. The summed E-state index contributed by atoms with van der Waals surface area (Å²) in [6, 6.07) is 0. The molecule has 95 valence electrons. The van der Waals surface area contributed by atoms with E-state index in [1.807, 2.05) is 0 Å². The van der Waals surface area contributed by atoms with Gasteiger partial charge in [-0.2, -0.15) is 0 Å². The van der Waals surface area contributed by atoms with Crippen molar-refractivity contribution >= 4 is 0 Å². The quantitative estimate of drug-likeness (QED) is 0.546. The summed E-state index contributed by atoms with van der Waals surface area (Å²) in [7, 11) is 0. The Morgan fingerprint density at radius 2 is 1.61 bits per heavy atom. The molecule has 0 N–H and O–H groups in total. The van der Waals surface area contributed by atoms with Gasteiger partial charge in [-0.15, -0.1) is 0 Å². The van der Waals surface area contributed by atoms with Gasteiger partial charge >= 0.3 is 113 Å². The number of rotatable bonds is 2. The standard InChI is InChI=1S/C15H17.2ClH.Zr/c1-2-7-12(6-1)14-10-5-11-15(14)13-8-3-4-9-13;;;/h1,5-6,11,13H,2-4,8-10H2;2*1H;/q;;;+2/p-2. The van der Waals surface area contributed by atoms with E-state index in [1.54, 1.807) is 44.7 Å². The van der Waals surface area contributed by atoms with Crippen LogP contribution in [0.25, 0.3) is 0 Å². The summed E-state index contributed by atoms with van der Waals surface area (Å²) in [6.45, 7) is 0. The van der Waals surface area contributed by atoms with Gasteiger partial charge < -0.3 is 24.8 Å². The zero-order valence-corrected chi connectivity index (χ0v) is 14.4. The van der Waals surface area contributed by atoms with Gasteiger partial charge in [-0.1, -0.05) is 0 Å². The van der Waals surface area contributed by atoms with E-state index >= 15 is 0 Å². The zero-order valence-electron chi connectivity index (χ0n) is 10.4. The van der Waals surface area contributed by atoms with Crippen LogP contribution in [0, 0.1) is 5.92 Å². The number of allylic oxidation sites excluding steroid dienone is 8. The Hall–Kier alpha value is 0.423.